The van der Waals surface area contributed by atoms with Gasteiger partial charge < -0.3 is 10.1 Å². The molecule has 0 saturated carbocycles. The second-order valence-corrected chi connectivity index (χ2v) is 4.86. The van der Waals surface area contributed by atoms with Crippen molar-refractivity contribution in [1.29, 1.82) is 0 Å². The van der Waals surface area contributed by atoms with Crippen LogP contribution in [0.3, 0.4) is 0 Å². The van der Waals surface area contributed by atoms with Gasteiger partial charge >= 0.3 is 0 Å². The molecule has 0 aliphatic rings. The van der Waals surface area contributed by atoms with E-state index >= 15 is 0 Å². The number of aliphatic hydroxyl groups excluding tert-OH is 1. The van der Waals surface area contributed by atoms with Crippen LogP contribution in [0.25, 0.3) is 11.1 Å². The normalized spacial score (nSPS) is 10.7. The zero-order chi connectivity index (χ0) is 13.3. The lowest BCUT2D eigenvalue weighted by Gasteiger charge is -2.10. The van der Waals surface area contributed by atoms with Crippen molar-refractivity contribution in [1.82, 2.24) is 4.98 Å². The van der Waals surface area contributed by atoms with Crippen molar-refractivity contribution >= 4 is 34.8 Å². The fraction of sp³-hybridized carbons (Fsp3) is 0.0833. The molecule has 0 atom stereocenters. The van der Waals surface area contributed by atoms with E-state index in [9.17, 15) is 9.90 Å². The van der Waals surface area contributed by atoms with Crippen molar-refractivity contribution in [3.05, 3.63) is 55.4 Å². The van der Waals surface area contributed by atoms with Crippen molar-refractivity contribution in [3.63, 3.8) is 0 Å². The highest BCUT2D eigenvalue weighted by Crippen LogP contribution is 2.36. The third kappa shape index (κ3) is 2.54. The van der Waals surface area contributed by atoms with Crippen molar-refractivity contribution in [2.24, 2.45) is 0 Å². The monoisotopic (exact) mass is 303 g/mol. The summed E-state index contributed by atoms with van der Waals surface area (Å²) in [4.78, 5) is 13.7. The number of aromatic amines is 1. The van der Waals surface area contributed by atoms with Crippen molar-refractivity contribution in [2.75, 3.05) is 0 Å². The number of rotatable bonds is 2. The first-order chi connectivity index (χ1) is 8.52. The van der Waals surface area contributed by atoms with Crippen LogP contribution in [0, 0.1) is 0 Å². The molecule has 0 fully saturated rings. The number of aliphatic hydroxyl groups is 1. The summed E-state index contributed by atoms with van der Waals surface area (Å²) in [5, 5.41) is 10.4. The fourth-order valence-corrected chi connectivity index (χ4v) is 2.27. The van der Waals surface area contributed by atoms with Gasteiger partial charge in [-0.1, -0.05) is 34.8 Å². The third-order valence-electron chi connectivity index (χ3n) is 2.48. The molecule has 0 amide bonds. The Bertz CT molecular complexity index is 652. The molecule has 2 rings (SSSR count). The van der Waals surface area contributed by atoms with Gasteiger partial charge in [-0.15, -0.1) is 0 Å². The van der Waals surface area contributed by atoms with Crippen molar-refractivity contribution in [3.8, 4) is 11.1 Å². The van der Waals surface area contributed by atoms with E-state index < -0.39 is 0 Å². The molecule has 0 spiro atoms. The van der Waals surface area contributed by atoms with E-state index in [1.807, 2.05) is 0 Å². The SMILES string of the molecule is O=c1cc(CO)c(-c2cc(Cl)c(Cl)cc2Cl)c[nH]1. The Morgan fingerprint density at radius 3 is 2.33 bits per heavy atom. The standard InChI is InChI=1S/C12H8Cl3NO2/c13-9-3-11(15)10(14)2-7(9)8-4-16-12(18)1-6(8)5-17/h1-4,17H,5H2,(H,16,18). The van der Waals surface area contributed by atoms with Crippen molar-refractivity contribution in [2.45, 2.75) is 6.61 Å². The number of nitrogens with one attached hydrogen (secondary N) is 1. The lowest BCUT2D eigenvalue weighted by Crippen LogP contribution is -2.06. The van der Waals surface area contributed by atoms with Crippen LogP contribution in [-0.2, 0) is 6.61 Å². The number of halogens is 3. The summed E-state index contributed by atoms with van der Waals surface area (Å²) in [5.74, 6) is 0. The van der Waals surface area contributed by atoms with Crippen LogP contribution in [0.5, 0.6) is 0 Å². The van der Waals surface area contributed by atoms with Crippen LogP contribution in [0.2, 0.25) is 15.1 Å². The topological polar surface area (TPSA) is 53.1 Å². The fourth-order valence-electron chi connectivity index (χ4n) is 1.62. The van der Waals surface area contributed by atoms with Crippen molar-refractivity contribution < 1.29 is 5.11 Å². The smallest absolute Gasteiger partial charge is 0.248 e. The van der Waals surface area contributed by atoms with Gasteiger partial charge in [0.1, 0.15) is 0 Å². The zero-order valence-corrected chi connectivity index (χ0v) is 11.3. The number of hydrogen-bond donors (Lipinski definition) is 2. The van der Waals surface area contributed by atoms with Gasteiger partial charge in [0.05, 0.1) is 21.7 Å². The molecule has 1 aromatic carbocycles. The number of benzene rings is 1. The maximum Gasteiger partial charge on any atom is 0.248 e. The maximum atomic E-state index is 11.2. The Morgan fingerprint density at radius 1 is 1.00 bits per heavy atom. The predicted molar refractivity (Wildman–Crippen MR) is 73.5 cm³/mol. The van der Waals surface area contributed by atoms with E-state index in [2.05, 4.69) is 4.98 Å². The summed E-state index contributed by atoms with van der Waals surface area (Å²) in [6.07, 6.45) is 1.49. The molecule has 6 heteroatoms. The maximum absolute atomic E-state index is 11.2. The first kappa shape index (κ1) is 13.4. The van der Waals surface area contributed by atoms with E-state index in [0.29, 0.717) is 31.8 Å². The van der Waals surface area contributed by atoms with Crippen LogP contribution in [0.4, 0.5) is 0 Å². The molecule has 0 radical (unpaired) electrons. The first-order valence-corrected chi connectivity index (χ1v) is 6.13. The largest absolute Gasteiger partial charge is 0.392 e. The first-order valence-electron chi connectivity index (χ1n) is 5.00. The van der Waals surface area contributed by atoms with E-state index in [-0.39, 0.29) is 12.2 Å². The molecule has 1 aromatic heterocycles. The molecule has 94 valence electrons. The second-order valence-electron chi connectivity index (χ2n) is 3.64. The van der Waals surface area contributed by atoms with Gasteiger partial charge in [0.15, 0.2) is 0 Å². The van der Waals surface area contributed by atoms with Crippen LogP contribution < -0.4 is 5.56 Å². The van der Waals surface area contributed by atoms with E-state index in [1.54, 1.807) is 6.07 Å². The molecule has 2 aromatic rings. The summed E-state index contributed by atoms with van der Waals surface area (Å²) in [6, 6.07) is 4.43. The molecule has 18 heavy (non-hydrogen) atoms. The lowest BCUT2D eigenvalue weighted by molar-refractivity contribution is 0.282. The summed E-state index contributed by atoms with van der Waals surface area (Å²) in [6.45, 7) is -0.268. The highest BCUT2D eigenvalue weighted by Gasteiger charge is 2.12. The summed E-state index contributed by atoms with van der Waals surface area (Å²) >= 11 is 17.9. The third-order valence-corrected chi connectivity index (χ3v) is 3.52. The number of aromatic nitrogens is 1. The molecular weight excluding hydrogens is 296 g/mol. The van der Waals surface area contributed by atoms with Gasteiger partial charge in [-0.3, -0.25) is 4.79 Å². The molecule has 0 aliphatic carbocycles. The zero-order valence-electron chi connectivity index (χ0n) is 9.01. The van der Waals surface area contributed by atoms with Gasteiger partial charge in [0, 0.05) is 23.4 Å². The average Bonchev–Trinajstić information content (AvgIpc) is 2.34. The van der Waals surface area contributed by atoms with Crippen LogP contribution >= 0.6 is 34.8 Å². The second kappa shape index (κ2) is 5.33. The molecular formula is C12H8Cl3NO2. The summed E-state index contributed by atoms with van der Waals surface area (Å²) in [7, 11) is 0. The van der Waals surface area contributed by atoms with Gasteiger partial charge in [0.2, 0.25) is 5.56 Å². The number of H-pyrrole nitrogens is 1. The van der Waals surface area contributed by atoms with E-state index in [0.717, 1.165) is 0 Å². The molecule has 1 heterocycles. The minimum absolute atomic E-state index is 0.268. The Balaban J connectivity index is 2.69. The predicted octanol–water partition coefficient (Wildman–Crippen LogP) is 3.49. The number of hydrogen-bond acceptors (Lipinski definition) is 2. The highest BCUT2D eigenvalue weighted by atomic mass is 35.5. The summed E-state index contributed by atoms with van der Waals surface area (Å²) in [5.41, 5.74) is 1.39. The molecule has 0 unspecified atom stereocenters. The van der Waals surface area contributed by atoms with Gasteiger partial charge in [-0.25, -0.2) is 0 Å². The molecule has 3 nitrogen and oxygen atoms in total. The van der Waals surface area contributed by atoms with Gasteiger partial charge in [-0.2, -0.15) is 0 Å². The van der Waals surface area contributed by atoms with E-state index in [4.69, 9.17) is 34.8 Å². The lowest BCUT2D eigenvalue weighted by atomic mass is 10.0. The number of pyridine rings is 1. The Morgan fingerprint density at radius 2 is 1.67 bits per heavy atom. The van der Waals surface area contributed by atoms with Crippen LogP contribution in [0.1, 0.15) is 5.56 Å². The van der Waals surface area contributed by atoms with Gasteiger partial charge in [-0.05, 0) is 17.7 Å². The molecule has 0 saturated heterocycles. The highest BCUT2D eigenvalue weighted by molar-refractivity contribution is 6.44. The summed E-state index contributed by atoms with van der Waals surface area (Å²) < 4.78 is 0. The van der Waals surface area contributed by atoms with Gasteiger partial charge in [0.25, 0.3) is 0 Å². The molecule has 2 N–H and O–H groups in total. The van der Waals surface area contributed by atoms with E-state index in [1.165, 1.54) is 18.3 Å². The minimum Gasteiger partial charge on any atom is -0.392 e. The molecule has 0 bridgehead atoms. The Hall–Kier alpha value is -1.00. The Labute approximate surface area is 118 Å². The van der Waals surface area contributed by atoms with Crippen LogP contribution in [0.15, 0.2) is 29.2 Å². The minimum atomic E-state index is -0.293. The average molecular weight is 305 g/mol. The van der Waals surface area contributed by atoms with Crippen LogP contribution in [-0.4, -0.2) is 10.1 Å². The Kier molecular flexibility index (Phi) is 3.97. The quantitative estimate of drug-likeness (QED) is 0.834. The molecule has 0 aliphatic heterocycles.